The van der Waals surface area contributed by atoms with Gasteiger partial charge in [-0.3, -0.25) is 0 Å². The molecule has 0 aliphatic rings. The SMILES string of the molecule is COc1cc(N)c(-c2nc3ccc(C)cc3[nH]2)cc1OC. The molecule has 0 spiro atoms. The molecule has 3 rings (SSSR count). The molecule has 5 heteroatoms. The van der Waals surface area contributed by atoms with Crippen LogP contribution in [0.2, 0.25) is 0 Å². The molecule has 1 aromatic heterocycles. The summed E-state index contributed by atoms with van der Waals surface area (Å²) < 4.78 is 10.6. The Labute approximate surface area is 122 Å². The highest BCUT2D eigenvalue weighted by molar-refractivity contribution is 5.84. The summed E-state index contributed by atoms with van der Waals surface area (Å²) >= 11 is 0. The summed E-state index contributed by atoms with van der Waals surface area (Å²) in [6.45, 7) is 2.05. The standard InChI is InChI=1S/C16H17N3O2/c1-9-4-5-12-13(6-9)19-16(18-12)10-7-14(20-2)15(21-3)8-11(10)17/h4-8H,17H2,1-3H3,(H,18,19). The van der Waals surface area contributed by atoms with E-state index in [-0.39, 0.29) is 0 Å². The topological polar surface area (TPSA) is 73.2 Å². The van der Waals surface area contributed by atoms with Gasteiger partial charge in [-0.05, 0) is 30.7 Å². The van der Waals surface area contributed by atoms with E-state index in [0.29, 0.717) is 23.0 Å². The van der Waals surface area contributed by atoms with Crippen LogP contribution in [0.5, 0.6) is 11.5 Å². The molecule has 0 bridgehead atoms. The van der Waals surface area contributed by atoms with Crippen molar-refractivity contribution < 1.29 is 9.47 Å². The lowest BCUT2D eigenvalue weighted by Crippen LogP contribution is -1.96. The van der Waals surface area contributed by atoms with Gasteiger partial charge in [0.2, 0.25) is 0 Å². The number of rotatable bonds is 3. The number of nitrogens with two attached hydrogens (primary N) is 1. The number of benzene rings is 2. The first-order chi connectivity index (χ1) is 10.1. The van der Waals surface area contributed by atoms with E-state index in [2.05, 4.69) is 16.0 Å². The lowest BCUT2D eigenvalue weighted by molar-refractivity contribution is 0.355. The number of ether oxygens (including phenoxy) is 2. The lowest BCUT2D eigenvalue weighted by Gasteiger charge is -2.11. The van der Waals surface area contributed by atoms with Gasteiger partial charge in [-0.1, -0.05) is 6.07 Å². The van der Waals surface area contributed by atoms with Crippen LogP contribution in [-0.4, -0.2) is 24.2 Å². The van der Waals surface area contributed by atoms with Crippen molar-refractivity contribution in [3.63, 3.8) is 0 Å². The predicted molar refractivity (Wildman–Crippen MR) is 83.8 cm³/mol. The van der Waals surface area contributed by atoms with Crippen molar-refractivity contribution in [1.82, 2.24) is 9.97 Å². The van der Waals surface area contributed by atoms with Gasteiger partial charge in [-0.2, -0.15) is 0 Å². The van der Waals surface area contributed by atoms with Crippen LogP contribution < -0.4 is 15.2 Å². The predicted octanol–water partition coefficient (Wildman–Crippen LogP) is 3.14. The third kappa shape index (κ3) is 2.27. The van der Waals surface area contributed by atoms with Gasteiger partial charge in [0, 0.05) is 17.3 Å². The zero-order chi connectivity index (χ0) is 15.0. The van der Waals surface area contributed by atoms with E-state index in [1.165, 1.54) is 5.56 Å². The quantitative estimate of drug-likeness (QED) is 0.724. The maximum atomic E-state index is 6.11. The van der Waals surface area contributed by atoms with Crippen molar-refractivity contribution in [1.29, 1.82) is 0 Å². The number of H-pyrrole nitrogens is 1. The minimum atomic E-state index is 0.587. The minimum absolute atomic E-state index is 0.587. The van der Waals surface area contributed by atoms with Crippen LogP contribution in [-0.2, 0) is 0 Å². The van der Waals surface area contributed by atoms with E-state index in [4.69, 9.17) is 15.2 Å². The minimum Gasteiger partial charge on any atom is -0.493 e. The monoisotopic (exact) mass is 283 g/mol. The van der Waals surface area contributed by atoms with E-state index in [1.54, 1.807) is 20.3 Å². The van der Waals surface area contributed by atoms with E-state index in [0.717, 1.165) is 16.6 Å². The Morgan fingerprint density at radius 1 is 1.05 bits per heavy atom. The number of imidazole rings is 1. The van der Waals surface area contributed by atoms with Crippen LogP contribution >= 0.6 is 0 Å². The summed E-state index contributed by atoms with van der Waals surface area (Å²) in [5.41, 5.74) is 10.6. The van der Waals surface area contributed by atoms with Crippen LogP contribution in [0.1, 0.15) is 5.56 Å². The summed E-state index contributed by atoms with van der Waals surface area (Å²) in [5, 5.41) is 0. The molecule has 0 saturated heterocycles. The van der Waals surface area contributed by atoms with Crippen LogP contribution in [0.3, 0.4) is 0 Å². The van der Waals surface area contributed by atoms with E-state index >= 15 is 0 Å². The van der Waals surface area contributed by atoms with E-state index < -0.39 is 0 Å². The summed E-state index contributed by atoms with van der Waals surface area (Å²) in [6.07, 6.45) is 0. The van der Waals surface area contributed by atoms with E-state index in [9.17, 15) is 0 Å². The second-order valence-electron chi connectivity index (χ2n) is 4.90. The number of aromatic amines is 1. The zero-order valence-electron chi connectivity index (χ0n) is 12.2. The van der Waals surface area contributed by atoms with Crippen molar-refractivity contribution >= 4 is 16.7 Å². The molecule has 0 fully saturated rings. The molecular formula is C16H17N3O2. The molecular weight excluding hydrogens is 266 g/mol. The van der Waals surface area contributed by atoms with Gasteiger partial charge in [0.15, 0.2) is 11.5 Å². The largest absolute Gasteiger partial charge is 0.493 e. The molecule has 0 unspecified atom stereocenters. The van der Waals surface area contributed by atoms with Crippen LogP contribution in [0.4, 0.5) is 5.69 Å². The maximum absolute atomic E-state index is 6.11. The van der Waals surface area contributed by atoms with Gasteiger partial charge in [0.05, 0.1) is 25.3 Å². The summed E-state index contributed by atoms with van der Waals surface area (Å²) in [7, 11) is 3.18. The summed E-state index contributed by atoms with van der Waals surface area (Å²) in [4.78, 5) is 7.88. The number of hydrogen-bond acceptors (Lipinski definition) is 4. The highest BCUT2D eigenvalue weighted by Crippen LogP contribution is 2.36. The van der Waals surface area contributed by atoms with Gasteiger partial charge in [0.1, 0.15) is 5.82 Å². The first kappa shape index (κ1) is 13.3. The van der Waals surface area contributed by atoms with Crippen molar-refractivity contribution in [2.75, 3.05) is 20.0 Å². The van der Waals surface area contributed by atoms with Gasteiger partial charge in [0.25, 0.3) is 0 Å². The Kier molecular flexibility index (Phi) is 3.17. The molecule has 0 aliphatic heterocycles. The zero-order valence-corrected chi connectivity index (χ0v) is 12.2. The maximum Gasteiger partial charge on any atom is 0.162 e. The number of nitrogens with one attached hydrogen (secondary N) is 1. The van der Waals surface area contributed by atoms with Crippen LogP contribution in [0.25, 0.3) is 22.4 Å². The molecule has 5 nitrogen and oxygen atoms in total. The summed E-state index contributed by atoms with van der Waals surface area (Å²) in [5.74, 6) is 1.94. The second-order valence-corrected chi connectivity index (χ2v) is 4.90. The third-order valence-corrected chi connectivity index (χ3v) is 3.45. The number of nitrogen functional groups attached to an aromatic ring is 1. The van der Waals surface area contributed by atoms with Crippen molar-refractivity contribution in [2.24, 2.45) is 0 Å². The Bertz CT molecular complexity index is 809. The highest BCUT2D eigenvalue weighted by atomic mass is 16.5. The molecule has 0 aliphatic carbocycles. The van der Waals surface area contributed by atoms with Crippen LogP contribution in [0, 0.1) is 6.92 Å². The first-order valence-corrected chi connectivity index (χ1v) is 6.60. The average Bonchev–Trinajstić information content (AvgIpc) is 2.89. The fraction of sp³-hybridized carbons (Fsp3) is 0.188. The fourth-order valence-electron chi connectivity index (χ4n) is 2.35. The molecule has 21 heavy (non-hydrogen) atoms. The van der Waals surface area contributed by atoms with Crippen molar-refractivity contribution in [3.05, 3.63) is 35.9 Å². The Morgan fingerprint density at radius 2 is 1.76 bits per heavy atom. The number of fused-ring (bicyclic) bond motifs is 1. The number of methoxy groups -OCH3 is 2. The van der Waals surface area contributed by atoms with Gasteiger partial charge >= 0.3 is 0 Å². The van der Waals surface area contributed by atoms with Gasteiger partial charge < -0.3 is 20.2 Å². The smallest absolute Gasteiger partial charge is 0.162 e. The molecule has 1 heterocycles. The normalized spacial score (nSPS) is 10.8. The number of aryl methyl sites for hydroxylation is 1. The number of nitrogens with zero attached hydrogens (tertiary/aromatic N) is 1. The average molecular weight is 283 g/mol. The fourth-order valence-corrected chi connectivity index (χ4v) is 2.35. The van der Waals surface area contributed by atoms with Crippen molar-refractivity contribution in [3.8, 4) is 22.9 Å². The second kappa shape index (κ2) is 5.01. The highest BCUT2D eigenvalue weighted by Gasteiger charge is 2.13. The number of hydrogen-bond donors (Lipinski definition) is 2. The molecule has 3 N–H and O–H groups in total. The Hall–Kier alpha value is -2.69. The molecule has 0 amide bonds. The number of anilines is 1. The molecule has 108 valence electrons. The molecule has 0 radical (unpaired) electrons. The summed E-state index contributed by atoms with van der Waals surface area (Å²) in [6, 6.07) is 9.65. The Morgan fingerprint density at radius 3 is 2.48 bits per heavy atom. The number of aromatic nitrogens is 2. The third-order valence-electron chi connectivity index (χ3n) is 3.45. The molecule has 0 atom stereocenters. The van der Waals surface area contributed by atoms with E-state index in [1.807, 2.05) is 25.1 Å². The molecule has 0 saturated carbocycles. The lowest BCUT2D eigenvalue weighted by atomic mass is 10.1. The van der Waals surface area contributed by atoms with Gasteiger partial charge in [-0.15, -0.1) is 0 Å². The molecule has 2 aromatic carbocycles. The van der Waals surface area contributed by atoms with Crippen LogP contribution in [0.15, 0.2) is 30.3 Å². The molecule has 3 aromatic rings. The first-order valence-electron chi connectivity index (χ1n) is 6.60. The van der Waals surface area contributed by atoms with Crippen molar-refractivity contribution in [2.45, 2.75) is 6.92 Å². The van der Waals surface area contributed by atoms with Gasteiger partial charge in [-0.25, -0.2) is 4.98 Å². The Balaban J connectivity index is 2.17.